The smallest absolute Gasteiger partial charge is 0.343 e. The number of unbranched alkanes of at least 4 members (excludes halogenated alkanes) is 1. The third-order valence-electron chi connectivity index (χ3n) is 5.92. The van der Waals surface area contributed by atoms with Crippen LogP contribution in [0.1, 0.15) is 34.3 Å². The number of fused-ring (bicyclic) bond motifs is 3. The van der Waals surface area contributed by atoms with E-state index in [0.717, 1.165) is 49.4 Å². The Morgan fingerprint density at radius 2 is 1.65 bits per heavy atom. The van der Waals surface area contributed by atoms with Gasteiger partial charge < -0.3 is 18.9 Å². The van der Waals surface area contributed by atoms with Crippen LogP contribution in [0.4, 0.5) is 5.69 Å². The van der Waals surface area contributed by atoms with E-state index < -0.39 is 5.97 Å². The first kappa shape index (κ1) is 22.1. The Hall–Kier alpha value is -3.66. The molecule has 34 heavy (non-hydrogen) atoms. The van der Waals surface area contributed by atoms with Gasteiger partial charge in [-0.15, -0.1) is 0 Å². The quantitative estimate of drug-likeness (QED) is 0.102. The van der Waals surface area contributed by atoms with Crippen LogP contribution >= 0.6 is 0 Å². The van der Waals surface area contributed by atoms with Gasteiger partial charge in [-0.1, -0.05) is 24.3 Å². The number of carbonyl (C=O) groups is 1. The van der Waals surface area contributed by atoms with Crippen LogP contribution in [0.3, 0.4) is 0 Å². The first-order valence-corrected chi connectivity index (χ1v) is 11.5. The molecule has 6 nitrogen and oxygen atoms in total. The normalized spacial score (nSPS) is 15.2. The van der Waals surface area contributed by atoms with E-state index in [0.29, 0.717) is 36.3 Å². The highest BCUT2D eigenvalue weighted by molar-refractivity contribution is 5.93. The lowest BCUT2D eigenvalue weighted by Crippen LogP contribution is -2.08. The molecule has 2 aliphatic rings. The predicted molar refractivity (Wildman–Crippen MR) is 128 cm³/mol. The molecule has 1 fully saturated rings. The number of hydrogen-bond acceptors (Lipinski definition) is 5. The van der Waals surface area contributed by atoms with Crippen molar-refractivity contribution in [1.29, 1.82) is 0 Å². The summed E-state index contributed by atoms with van der Waals surface area (Å²) in [4.78, 5) is 16.0. The highest BCUT2D eigenvalue weighted by atomic mass is 16.6. The molecule has 3 aromatic carbocycles. The highest BCUT2D eigenvalue weighted by Gasteiger charge is 2.22. The zero-order chi connectivity index (χ0) is 23.3. The van der Waals surface area contributed by atoms with Crippen molar-refractivity contribution in [2.45, 2.75) is 25.4 Å². The SMILES string of the molecule is [C-]#[N+]c1ccc(OC(=O)c2ccc3c(c2)Cc2cc(OCCCCOCC4CO4)ccc2-3)cc1. The van der Waals surface area contributed by atoms with E-state index in [1.54, 1.807) is 30.3 Å². The van der Waals surface area contributed by atoms with E-state index in [1.807, 2.05) is 18.2 Å². The summed E-state index contributed by atoms with van der Waals surface area (Å²) < 4.78 is 22.1. The molecule has 0 amide bonds. The summed E-state index contributed by atoms with van der Waals surface area (Å²) in [6, 6.07) is 18.4. The maximum absolute atomic E-state index is 12.6. The van der Waals surface area contributed by atoms with Crippen LogP contribution < -0.4 is 9.47 Å². The fourth-order valence-electron chi connectivity index (χ4n) is 4.03. The molecule has 0 spiro atoms. The molecule has 1 heterocycles. The molecule has 1 aliphatic carbocycles. The van der Waals surface area contributed by atoms with Gasteiger partial charge >= 0.3 is 5.97 Å². The molecule has 3 aromatic rings. The Bertz CT molecular complexity index is 1220. The van der Waals surface area contributed by atoms with Crippen molar-refractivity contribution in [2.24, 2.45) is 0 Å². The first-order valence-electron chi connectivity index (χ1n) is 11.5. The summed E-state index contributed by atoms with van der Waals surface area (Å²) in [5.74, 6) is 0.875. The minimum Gasteiger partial charge on any atom is -0.494 e. The van der Waals surface area contributed by atoms with Gasteiger partial charge in [-0.2, -0.15) is 0 Å². The summed E-state index contributed by atoms with van der Waals surface area (Å²) in [5, 5.41) is 0. The van der Waals surface area contributed by atoms with Gasteiger partial charge in [-0.25, -0.2) is 9.64 Å². The minimum atomic E-state index is -0.410. The summed E-state index contributed by atoms with van der Waals surface area (Å²) in [6.45, 7) is 9.93. The van der Waals surface area contributed by atoms with Crippen LogP contribution in [0.2, 0.25) is 0 Å². The Morgan fingerprint density at radius 3 is 2.41 bits per heavy atom. The van der Waals surface area contributed by atoms with Gasteiger partial charge in [-0.05, 0) is 77.9 Å². The molecule has 6 heteroatoms. The van der Waals surface area contributed by atoms with E-state index in [4.69, 9.17) is 25.5 Å². The lowest BCUT2D eigenvalue weighted by atomic mass is 10.0. The standard InChI is InChI=1S/C28H25NO5/c1-29-22-5-7-23(8-6-22)34-28(30)19-4-10-26-20(14-19)15-21-16-24(9-11-27(21)26)32-13-3-2-12-31-17-25-18-33-25/h4-11,14,16,25H,2-3,12-13,15,17-18H2. The predicted octanol–water partition coefficient (Wildman–Crippen LogP) is 5.60. The lowest BCUT2D eigenvalue weighted by molar-refractivity contribution is 0.0734. The fraction of sp³-hybridized carbons (Fsp3) is 0.286. The van der Waals surface area contributed by atoms with Crippen LogP contribution in [-0.2, 0) is 15.9 Å². The van der Waals surface area contributed by atoms with Crippen molar-refractivity contribution >= 4 is 11.7 Å². The molecule has 1 aliphatic heterocycles. The Balaban J connectivity index is 1.15. The van der Waals surface area contributed by atoms with Crippen molar-refractivity contribution in [3.8, 4) is 22.6 Å². The van der Waals surface area contributed by atoms with E-state index in [1.165, 1.54) is 11.1 Å². The van der Waals surface area contributed by atoms with Crippen molar-refractivity contribution in [2.75, 3.05) is 26.4 Å². The molecule has 172 valence electrons. The zero-order valence-electron chi connectivity index (χ0n) is 18.8. The number of epoxide rings is 1. The molecule has 0 bridgehead atoms. The highest BCUT2D eigenvalue weighted by Crippen LogP contribution is 2.39. The number of rotatable bonds is 10. The minimum absolute atomic E-state index is 0.317. The molecule has 0 aromatic heterocycles. The Labute approximate surface area is 198 Å². The first-order chi connectivity index (χ1) is 16.7. The Kier molecular flexibility index (Phi) is 6.57. The number of nitrogens with zero attached hydrogens (tertiary/aromatic N) is 1. The maximum Gasteiger partial charge on any atom is 0.343 e. The molecule has 5 rings (SSSR count). The van der Waals surface area contributed by atoms with Crippen LogP contribution in [0.25, 0.3) is 16.0 Å². The van der Waals surface area contributed by atoms with Crippen molar-refractivity contribution in [3.63, 3.8) is 0 Å². The van der Waals surface area contributed by atoms with Gasteiger partial charge in [0.1, 0.15) is 17.6 Å². The molecule has 1 atom stereocenters. The third kappa shape index (κ3) is 5.28. The number of hydrogen-bond donors (Lipinski definition) is 0. The number of benzene rings is 3. The molecular formula is C28H25NO5. The average Bonchev–Trinajstić information content (AvgIpc) is 3.62. The number of esters is 1. The third-order valence-corrected chi connectivity index (χ3v) is 5.92. The molecular weight excluding hydrogens is 430 g/mol. The van der Waals surface area contributed by atoms with Crippen LogP contribution in [0.5, 0.6) is 11.5 Å². The van der Waals surface area contributed by atoms with Gasteiger partial charge in [0, 0.05) is 6.61 Å². The average molecular weight is 456 g/mol. The second-order valence-corrected chi connectivity index (χ2v) is 8.45. The van der Waals surface area contributed by atoms with Gasteiger partial charge in [0.2, 0.25) is 0 Å². The van der Waals surface area contributed by atoms with E-state index >= 15 is 0 Å². The monoisotopic (exact) mass is 455 g/mol. The van der Waals surface area contributed by atoms with Gasteiger partial charge in [0.15, 0.2) is 5.69 Å². The van der Waals surface area contributed by atoms with Crippen molar-refractivity contribution in [1.82, 2.24) is 0 Å². The maximum atomic E-state index is 12.6. The van der Waals surface area contributed by atoms with Crippen LogP contribution in [0.15, 0.2) is 60.7 Å². The molecule has 1 unspecified atom stereocenters. The Morgan fingerprint density at radius 1 is 0.941 bits per heavy atom. The zero-order valence-corrected chi connectivity index (χ0v) is 18.8. The summed E-state index contributed by atoms with van der Waals surface area (Å²) in [5.41, 5.74) is 5.62. The van der Waals surface area contributed by atoms with Crippen LogP contribution in [0, 0.1) is 6.57 Å². The summed E-state index contributed by atoms with van der Waals surface area (Å²) >= 11 is 0. The second kappa shape index (κ2) is 10.1. The van der Waals surface area contributed by atoms with Gasteiger partial charge in [-0.3, -0.25) is 0 Å². The van der Waals surface area contributed by atoms with E-state index in [9.17, 15) is 4.79 Å². The number of carbonyl (C=O) groups excluding carboxylic acids is 1. The summed E-state index contributed by atoms with van der Waals surface area (Å²) in [7, 11) is 0. The van der Waals surface area contributed by atoms with E-state index in [-0.39, 0.29) is 0 Å². The van der Waals surface area contributed by atoms with Gasteiger partial charge in [0.05, 0.1) is 32.0 Å². The topological polar surface area (TPSA) is 61.7 Å². The van der Waals surface area contributed by atoms with Crippen LogP contribution in [-0.4, -0.2) is 38.5 Å². The number of ether oxygens (including phenoxy) is 4. The lowest BCUT2D eigenvalue weighted by Gasteiger charge is -2.08. The molecule has 1 saturated heterocycles. The molecule has 0 saturated carbocycles. The van der Waals surface area contributed by atoms with Crippen molar-refractivity contribution in [3.05, 3.63) is 88.8 Å². The summed E-state index contributed by atoms with van der Waals surface area (Å²) in [6.07, 6.45) is 2.97. The molecule has 0 radical (unpaired) electrons. The van der Waals surface area contributed by atoms with Crippen molar-refractivity contribution < 1.29 is 23.7 Å². The fourth-order valence-corrected chi connectivity index (χ4v) is 4.03. The largest absolute Gasteiger partial charge is 0.494 e. The van der Waals surface area contributed by atoms with Gasteiger partial charge in [0.25, 0.3) is 0 Å². The van der Waals surface area contributed by atoms with E-state index in [2.05, 4.69) is 17.0 Å². The molecule has 0 N–H and O–H groups in total. The second-order valence-electron chi connectivity index (χ2n) is 8.45.